The van der Waals surface area contributed by atoms with E-state index in [1.165, 1.54) is 50.1 Å². The van der Waals surface area contributed by atoms with E-state index in [2.05, 4.69) is 139 Å². The second-order valence-electron chi connectivity index (χ2n) is 15.6. The fourth-order valence-electron chi connectivity index (χ4n) is 5.76. The molecule has 0 aliphatic heterocycles. The van der Waals surface area contributed by atoms with Crippen LogP contribution in [-0.2, 0) is 21.7 Å². The molecule has 38 heavy (non-hydrogen) atoms. The summed E-state index contributed by atoms with van der Waals surface area (Å²) in [7, 11) is 0. The zero-order valence-electron chi connectivity index (χ0n) is 26.8. The van der Waals surface area contributed by atoms with Crippen LogP contribution in [0.1, 0.15) is 139 Å². The van der Waals surface area contributed by atoms with Crippen LogP contribution in [0.25, 0.3) is 0 Å². The van der Waals surface area contributed by atoms with Crippen LogP contribution in [0.5, 0.6) is 0 Å². The first-order valence-electron chi connectivity index (χ1n) is 14.3. The van der Waals surface area contributed by atoms with Crippen LogP contribution < -0.4 is 5.73 Å². The van der Waals surface area contributed by atoms with E-state index in [0.717, 1.165) is 5.69 Å². The predicted octanol–water partition coefficient (Wildman–Crippen LogP) is 10.3. The van der Waals surface area contributed by atoms with Crippen LogP contribution in [0, 0.1) is 13.8 Å². The molecule has 1 nitrogen and oxygen atoms in total. The first kappa shape index (κ1) is 30.0. The Labute approximate surface area is 234 Å². The number of anilines is 1. The molecular formula is C37H53N. The lowest BCUT2D eigenvalue weighted by molar-refractivity contribution is 0.561. The maximum atomic E-state index is 6.43. The summed E-state index contributed by atoms with van der Waals surface area (Å²) in [6.07, 6.45) is 0. The second kappa shape index (κ2) is 9.89. The van der Waals surface area contributed by atoms with E-state index in [1.54, 1.807) is 0 Å². The molecule has 0 atom stereocenters. The third kappa shape index (κ3) is 6.19. The van der Waals surface area contributed by atoms with Crippen molar-refractivity contribution < 1.29 is 0 Å². The molecule has 0 radical (unpaired) electrons. The molecule has 0 saturated carbocycles. The van der Waals surface area contributed by atoms with Crippen molar-refractivity contribution in [2.45, 2.75) is 125 Å². The number of rotatable bonds is 3. The average molecular weight is 512 g/mol. The van der Waals surface area contributed by atoms with Crippen LogP contribution >= 0.6 is 0 Å². The Bertz CT molecular complexity index is 1230. The summed E-state index contributed by atoms with van der Waals surface area (Å²) in [4.78, 5) is 0. The highest BCUT2D eigenvalue weighted by Crippen LogP contribution is 2.44. The summed E-state index contributed by atoms with van der Waals surface area (Å²) in [5.41, 5.74) is 19.8. The molecule has 0 bridgehead atoms. The lowest BCUT2D eigenvalue weighted by Gasteiger charge is -2.34. The Hall–Kier alpha value is -2.54. The van der Waals surface area contributed by atoms with E-state index < -0.39 is 0 Å². The third-order valence-corrected chi connectivity index (χ3v) is 8.11. The quantitative estimate of drug-likeness (QED) is 0.275. The molecule has 0 aliphatic carbocycles. The lowest BCUT2D eigenvalue weighted by atomic mass is 9.70. The van der Waals surface area contributed by atoms with Crippen molar-refractivity contribution in [2.24, 2.45) is 0 Å². The van der Waals surface area contributed by atoms with E-state index in [4.69, 9.17) is 5.73 Å². The Balaban J connectivity index is 2.56. The third-order valence-electron chi connectivity index (χ3n) is 8.11. The van der Waals surface area contributed by atoms with Gasteiger partial charge in [-0.3, -0.25) is 0 Å². The maximum absolute atomic E-state index is 6.43. The molecule has 0 spiro atoms. The van der Waals surface area contributed by atoms with Gasteiger partial charge in [0.05, 0.1) is 0 Å². The standard InChI is InChI=1S/C37H53N/c1-23-29(19-26(34(3,4)5)21-31(23)36(9,10)11)33(25-16-15-17-28(38)18-25)30-20-27(35(6,7)8)22-32(24(30)2)37(12,13)14/h15-22,33H,38H2,1-14H3. The number of nitrogens with two attached hydrogens (primary N) is 1. The van der Waals surface area contributed by atoms with E-state index in [9.17, 15) is 0 Å². The van der Waals surface area contributed by atoms with Gasteiger partial charge in [0.2, 0.25) is 0 Å². The van der Waals surface area contributed by atoms with Crippen molar-refractivity contribution in [1.82, 2.24) is 0 Å². The molecule has 0 saturated heterocycles. The fraction of sp³-hybridized carbons (Fsp3) is 0.514. The summed E-state index contributed by atoms with van der Waals surface area (Å²) in [5, 5.41) is 0. The molecule has 206 valence electrons. The van der Waals surface area contributed by atoms with Gasteiger partial charge in [-0.15, -0.1) is 0 Å². The Morgan fingerprint density at radius 1 is 0.526 bits per heavy atom. The van der Waals surface area contributed by atoms with Gasteiger partial charge in [0, 0.05) is 11.6 Å². The SMILES string of the molecule is Cc1c(C(c2cccc(N)c2)c2cc(C(C)(C)C)cc(C(C)(C)C)c2C)cc(C(C)(C)C)cc1C(C)(C)C. The van der Waals surface area contributed by atoms with Crippen molar-refractivity contribution >= 4 is 5.69 Å². The van der Waals surface area contributed by atoms with Crippen molar-refractivity contribution in [3.05, 3.63) is 98.6 Å². The van der Waals surface area contributed by atoms with Crippen molar-refractivity contribution in [2.75, 3.05) is 5.73 Å². The molecule has 0 heterocycles. The van der Waals surface area contributed by atoms with Crippen LogP contribution in [0.4, 0.5) is 5.69 Å². The average Bonchev–Trinajstić information content (AvgIpc) is 2.73. The van der Waals surface area contributed by atoms with Gasteiger partial charge in [-0.1, -0.05) is 119 Å². The number of hydrogen-bond acceptors (Lipinski definition) is 1. The van der Waals surface area contributed by atoms with E-state index in [-0.39, 0.29) is 27.6 Å². The highest BCUT2D eigenvalue weighted by molar-refractivity contribution is 5.58. The molecule has 0 aliphatic rings. The van der Waals surface area contributed by atoms with Gasteiger partial charge >= 0.3 is 0 Å². The van der Waals surface area contributed by atoms with Crippen LogP contribution in [0.3, 0.4) is 0 Å². The number of benzene rings is 3. The first-order valence-corrected chi connectivity index (χ1v) is 14.3. The molecule has 0 unspecified atom stereocenters. The molecule has 3 aromatic carbocycles. The second-order valence-corrected chi connectivity index (χ2v) is 15.6. The largest absolute Gasteiger partial charge is 0.399 e. The Morgan fingerprint density at radius 3 is 1.24 bits per heavy atom. The predicted molar refractivity (Wildman–Crippen MR) is 169 cm³/mol. The molecule has 0 amide bonds. The molecule has 1 heteroatoms. The van der Waals surface area contributed by atoms with Gasteiger partial charge in [-0.25, -0.2) is 0 Å². The minimum absolute atomic E-state index is 0.0409. The smallest absolute Gasteiger partial charge is 0.0346 e. The first-order chi connectivity index (χ1) is 17.1. The zero-order chi connectivity index (χ0) is 29.0. The van der Waals surface area contributed by atoms with Crippen molar-refractivity contribution in [1.29, 1.82) is 0 Å². The highest BCUT2D eigenvalue weighted by Gasteiger charge is 2.31. The van der Waals surface area contributed by atoms with Gasteiger partial charge in [-0.05, 0) is 97.7 Å². The van der Waals surface area contributed by atoms with Gasteiger partial charge in [0.1, 0.15) is 0 Å². The molecule has 3 aromatic rings. The Morgan fingerprint density at radius 2 is 0.921 bits per heavy atom. The molecular weight excluding hydrogens is 458 g/mol. The van der Waals surface area contributed by atoms with Gasteiger partial charge in [0.25, 0.3) is 0 Å². The van der Waals surface area contributed by atoms with Gasteiger partial charge in [-0.2, -0.15) is 0 Å². The fourth-order valence-corrected chi connectivity index (χ4v) is 5.76. The summed E-state index contributed by atoms with van der Waals surface area (Å²) >= 11 is 0. The Kier molecular flexibility index (Phi) is 7.81. The van der Waals surface area contributed by atoms with Crippen LogP contribution in [0.2, 0.25) is 0 Å². The molecule has 0 aromatic heterocycles. The summed E-state index contributed by atoms with van der Waals surface area (Å²) in [6.45, 7) is 32.6. The highest BCUT2D eigenvalue weighted by atomic mass is 14.5. The van der Waals surface area contributed by atoms with E-state index >= 15 is 0 Å². The normalized spacial score (nSPS) is 13.3. The minimum Gasteiger partial charge on any atom is -0.399 e. The van der Waals surface area contributed by atoms with E-state index in [0.29, 0.717) is 0 Å². The molecule has 2 N–H and O–H groups in total. The number of hydrogen-bond donors (Lipinski definition) is 1. The van der Waals surface area contributed by atoms with Crippen LogP contribution in [0.15, 0.2) is 48.5 Å². The van der Waals surface area contributed by atoms with Gasteiger partial charge in [0.15, 0.2) is 0 Å². The van der Waals surface area contributed by atoms with Gasteiger partial charge < -0.3 is 5.73 Å². The lowest BCUT2D eigenvalue weighted by Crippen LogP contribution is -2.22. The van der Waals surface area contributed by atoms with E-state index in [1.807, 2.05) is 6.07 Å². The van der Waals surface area contributed by atoms with Crippen LogP contribution in [-0.4, -0.2) is 0 Å². The maximum Gasteiger partial charge on any atom is 0.0346 e. The van der Waals surface area contributed by atoms with Crippen molar-refractivity contribution in [3.63, 3.8) is 0 Å². The topological polar surface area (TPSA) is 26.0 Å². The molecule has 3 rings (SSSR count). The summed E-state index contributed by atoms with van der Waals surface area (Å²) < 4.78 is 0. The summed E-state index contributed by atoms with van der Waals surface area (Å²) in [6, 6.07) is 18.4. The molecule has 0 fully saturated rings. The zero-order valence-corrected chi connectivity index (χ0v) is 26.8. The van der Waals surface area contributed by atoms with Crippen molar-refractivity contribution in [3.8, 4) is 0 Å². The monoisotopic (exact) mass is 511 g/mol. The minimum atomic E-state index is 0.0409. The number of nitrogen functional groups attached to an aromatic ring is 1. The summed E-state index contributed by atoms with van der Waals surface area (Å²) in [5.74, 6) is 0.0882.